The second kappa shape index (κ2) is 7.04. The van der Waals surface area contributed by atoms with Crippen LogP contribution in [0.2, 0.25) is 0 Å². The van der Waals surface area contributed by atoms with Crippen LogP contribution in [-0.2, 0) is 0 Å². The van der Waals surface area contributed by atoms with Crippen molar-refractivity contribution in [3.8, 4) is 0 Å². The number of aromatic nitrogens is 2. The van der Waals surface area contributed by atoms with E-state index in [-0.39, 0.29) is 18.0 Å². The summed E-state index contributed by atoms with van der Waals surface area (Å²) in [5, 5.41) is 3.40. The molecule has 2 N–H and O–H groups in total. The molecule has 0 bridgehead atoms. The van der Waals surface area contributed by atoms with Crippen LogP contribution in [0.3, 0.4) is 0 Å². The summed E-state index contributed by atoms with van der Waals surface area (Å²) in [6.45, 7) is 0. The van der Waals surface area contributed by atoms with Crippen LogP contribution < -0.4 is 5.84 Å². The molecule has 0 saturated heterocycles. The lowest BCUT2D eigenvalue weighted by Gasteiger charge is -2.10. The molecule has 2 rings (SSSR count). The molecule has 2 heterocycles. The van der Waals surface area contributed by atoms with Crippen LogP contribution in [0.25, 0.3) is 0 Å². The topological polar surface area (TPSA) is 98.3 Å². The van der Waals surface area contributed by atoms with Gasteiger partial charge in [-0.3, -0.25) is 19.6 Å². The van der Waals surface area contributed by atoms with Gasteiger partial charge in [-0.05, 0) is 24.3 Å². The van der Waals surface area contributed by atoms with Gasteiger partial charge in [0.2, 0.25) is 0 Å². The number of nitrogens with zero attached hydrogens (tertiary/aromatic N) is 3. The average molecular weight is 282 g/mol. The lowest BCUT2D eigenvalue weighted by molar-refractivity contribution is 0.0890. The molecule has 2 aromatic heterocycles. The van der Waals surface area contributed by atoms with E-state index < -0.39 is 5.92 Å². The van der Waals surface area contributed by atoms with Gasteiger partial charge in [0.25, 0.3) is 0 Å². The molecule has 1 unspecified atom stereocenters. The largest absolute Gasteiger partial charge is 0.324 e. The van der Waals surface area contributed by atoms with Crippen LogP contribution >= 0.6 is 0 Å². The maximum atomic E-state index is 12.4. The number of pyridine rings is 2. The molecule has 0 aliphatic carbocycles. The Bertz CT molecular complexity index is 641. The van der Waals surface area contributed by atoms with Crippen molar-refractivity contribution >= 4 is 17.8 Å². The molecule has 0 aromatic carbocycles. The number of hydrazone groups is 1. The van der Waals surface area contributed by atoms with E-state index in [1.807, 2.05) is 0 Å². The number of carbonyl (C=O) groups excluding carboxylic acids is 2. The fraction of sp³-hybridized carbons (Fsp3) is 0.133. The number of hydrogen-bond donors (Lipinski definition) is 1. The van der Waals surface area contributed by atoms with Gasteiger partial charge < -0.3 is 5.84 Å². The molecule has 0 radical (unpaired) electrons. The summed E-state index contributed by atoms with van der Waals surface area (Å²) < 4.78 is 0. The Kier molecular flexibility index (Phi) is 4.87. The Balaban J connectivity index is 2.17. The molecule has 2 aromatic rings. The summed E-state index contributed by atoms with van der Waals surface area (Å²) in [4.78, 5) is 32.2. The van der Waals surface area contributed by atoms with E-state index in [9.17, 15) is 9.59 Å². The van der Waals surface area contributed by atoms with Crippen molar-refractivity contribution in [2.75, 3.05) is 0 Å². The number of carbonyl (C=O) groups is 2. The van der Waals surface area contributed by atoms with Crippen molar-refractivity contribution in [3.63, 3.8) is 0 Å². The number of Topliss-reactive ketones (excluding diaryl/α,β-unsaturated/α-hetero) is 2. The van der Waals surface area contributed by atoms with Gasteiger partial charge in [0, 0.05) is 48.5 Å². The third-order valence-electron chi connectivity index (χ3n) is 2.98. The maximum absolute atomic E-state index is 12.4. The van der Waals surface area contributed by atoms with Crippen molar-refractivity contribution in [2.24, 2.45) is 16.9 Å². The molecule has 6 nitrogen and oxygen atoms in total. The minimum atomic E-state index is -0.696. The van der Waals surface area contributed by atoms with Crippen LogP contribution in [0, 0.1) is 5.92 Å². The molecule has 21 heavy (non-hydrogen) atoms. The Morgan fingerprint density at radius 1 is 1.05 bits per heavy atom. The molecule has 0 amide bonds. The number of nitrogens with two attached hydrogens (primary N) is 1. The molecule has 0 saturated carbocycles. The molecule has 0 spiro atoms. The van der Waals surface area contributed by atoms with Gasteiger partial charge in [0.15, 0.2) is 11.6 Å². The highest BCUT2D eigenvalue weighted by Crippen LogP contribution is 2.14. The van der Waals surface area contributed by atoms with Gasteiger partial charge in [0.1, 0.15) is 0 Å². The van der Waals surface area contributed by atoms with Crippen molar-refractivity contribution in [3.05, 3.63) is 60.2 Å². The Labute approximate surface area is 121 Å². The first-order chi connectivity index (χ1) is 10.2. The highest BCUT2D eigenvalue weighted by Gasteiger charge is 2.22. The standard InChI is InChI=1S/C15H14N4O2/c16-19-10-13(15(21)12-3-7-18-8-4-12)9-14(20)11-1-5-17-6-2-11/h1-8,10,13H,9,16H2/b19-10+. The Hall–Kier alpha value is -2.89. The zero-order chi connectivity index (χ0) is 15.1. The summed E-state index contributed by atoms with van der Waals surface area (Å²) in [6, 6.07) is 6.40. The van der Waals surface area contributed by atoms with E-state index in [0.29, 0.717) is 11.1 Å². The number of rotatable bonds is 6. The predicted octanol–water partition coefficient (Wildman–Crippen LogP) is 1.49. The summed E-state index contributed by atoms with van der Waals surface area (Å²) in [6.07, 6.45) is 7.41. The highest BCUT2D eigenvalue weighted by atomic mass is 16.1. The summed E-state index contributed by atoms with van der Waals surface area (Å²) in [7, 11) is 0. The summed E-state index contributed by atoms with van der Waals surface area (Å²) >= 11 is 0. The smallest absolute Gasteiger partial charge is 0.171 e. The number of hydrogen-bond acceptors (Lipinski definition) is 6. The van der Waals surface area contributed by atoms with E-state index in [4.69, 9.17) is 5.84 Å². The molecular weight excluding hydrogens is 268 g/mol. The van der Waals surface area contributed by atoms with Crippen molar-refractivity contribution < 1.29 is 9.59 Å². The molecule has 6 heteroatoms. The first-order valence-electron chi connectivity index (χ1n) is 6.33. The van der Waals surface area contributed by atoms with E-state index in [0.717, 1.165) is 0 Å². The molecular formula is C15H14N4O2. The van der Waals surface area contributed by atoms with E-state index in [2.05, 4.69) is 15.1 Å². The Morgan fingerprint density at radius 3 is 2.10 bits per heavy atom. The van der Waals surface area contributed by atoms with Gasteiger partial charge >= 0.3 is 0 Å². The quantitative estimate of drug-likeness (QED) is 0.374. The van der Waals surface area contributed by atoms with Crippen molar-refractivity contribution in [1.82, 2.24) is 9.97 Å². The van der Waals surface area contributed by atoms with Crippen LogP contribution in [0.1, 0.15) is 27.1 Å². The molecule has 0 fully saturated rings. The number of ketones is 2. The third-order valence-corrected chi connectivity index (χ3v) is 2.98. The van der Waals surface area contributed by atoms with Crippen LogP contribution in [0.15, 0.2) is 54.2 Å². The predicted molar refractivity (Wildman–Crippen MR) is 77.9 cm³/mol. The molecule has 1 atom stereocenters. The summed E-state index contributed by atoms with van der Waals surface area (Å²) in [5.74, 6) is 4.07. The normalized spacial score (nSPS) is 12.2. The van der Waals surface area contributed by atoms with Gasteiger partial charge in [-0.25, -0.2) is 0 Å². The van der Waals surface area contributed by atoms with Gasteiger partial charge in [0.05, 0.1) is 5.92 Å². The van der Waals surface area contributed by atoms with E-state index >= 15 is 0 Å². The van der Waals surface area contributed by atoms with Gasteiger partial charge in [-0.15, -0.1) is 0 Å². The third kappa shape index (κ3) is 3.79. The fourth-order valence-corrected chi connectivity index (χ4v) is 1.90. The average Bonchev–Trinajstić information content (AvgIpc) is 2.55. The zero-order valence-electron chi connectivity index (χ0n) is 11.2. The van der Waals surface area contributed by atoms with Crippen LogP contribution in [0.5, 0.6) is 0 Å². The minimum Gasteiger partial charge on any atom is -0.324 e. The molecule has 0 aliphatic rings. The second-order valence-corrected chi connectivity index (χ2v) is 4.37. The maximum Gasteiger partial charge on any atom is 0.171 e. The zero-order valence-corrected chi connectivity index (χ0v) is 11.2. The first kappa shape index (κ1) is 14.5. The summed E-state index contributed by atoms with van der Waals surface area (Å²) in [5.41, 5.74) is 0.973. The van der Waals surface area contributed by atoms with Crippen molar-refractivity contribution in [2.45, 2.75) is 6.42 Å². The minimum absolute atomic E-state index is 0.00582. The fourth-order valence-electron chi connectivity index (χ4n) is 1.90. The van der Waals surface area contributed by atoms with Crippen molar-refractivity contribution in [1.29, 1.82) is 0 Å². The second-order valence-electron chi connectivity index (χ2n) is 4.37. The monoisotopic (exact) mass is 282 g/mol. The molecule has 106 valence electrons. The first-order valence-corrected chi connectivity index (χ1v) is 6.33. The van der Waals surface area contributed by atoms with E-state index in [1.165, 1.54) is 31.0 Å². The lowest BCUT2D eigenvalue weighted by atomic mass is 9.92. The van der Waals surface area contributed by atoms with E-state index in [1.54, 1.807) is 24.3 Å². The van der Waals surface area contributed by atoms with Gasteiger partial charge in [-0.2, -0.15) is 5.10 Å². The van der Waals surface area contributed by atoms with Crippen LogP contribution in [0.4, 0.5) is 0 Å². The lowest BCUT2D eigenvalue weighted by Crippen LogP contribution is -2.21. The van der Waals surface area contributed by atoms with Crippen LogP contribution in [-0.4, -0.2) is 27.7 Å². The molecule has 0 aliphatic heterocycles. The van der Waals surface area contributed by atoms with Gasteiger partial charge in [-0.1, -0.05) is 0 Å². The Morgan fingerprint density at radius 2 is 1.57 bits per heavy atom. The highest BCUT2D eigenvalue weighted by molar-refractivity contribution is 6.10. The SMILES string of the molecule is N/N=C/C(CC(=O)c1ccncc1)C(=O)c1ccncc1.